The van der Waals surface area contributed by atoms with Crippen LogP contribution in [0.4, 0.5) is 0 Å². The highest BCUT2D eigenvalue weighted by atomic mass is 79.9. The summed E-state index contributed by atoms with van der Waals surface area (Å²) in [5.74, 6) is 0. The van der Waals surface area contributed by atoms with Gasteiger partial charge in [0.05, 0.1) is 21.5 Å². The average Bonchev–Trinajstić information content (AvgIpc) is 2.50. The molecule has 0 atom stereocenters. The molecule has 0 aliphatic heterocycles. The SMILES string of the molecule is Cc1ccc(C)c(-n2nc(C)c(Br)c2C)c1. The van der Waals surface area contributed by atoms with Gasteiger partial charge >= 0.3 is 0 Å². The summed E-state index contributed by atoms with van der Waals surface area (Å²) in [6.45, 7) is 8.30. The van der Waals surface area contributed by atoms with E-state index in [0.717, 1.165) is 21.5 Å². The maximum Gasteiger partial charge on any atom is 0.0743 e. The van der Waals surface area contributed by atoms with Crippen LogP contribution in [-0.4, -0.2) is 9.78 Å². The number of aryl methyl sites for hydroxylation is 3. The second kappa shape index (κ2) is 4.06. The Labute approximate surface area is 104 Å². The molecule has 84 valence electrons. The van der Waals surface area contributed by atoms with Gasteiger partial charge in [-0.1, -0.05) is 12.1 Å². The molecule has 0 bridgehead atoms. The largest absolute Gasteiger partial charge is 0.236 e. The molecule has 1 aromatic heterocycles. The predicted molar refractivity (Wildman–Crippen MR) is 70.2 cm³/mol. The highest BCUT2D eigenvalue weighted by Crippen LogP contribution is 2.24. The topological polar surface area (TPSA) is 17.8 Å². The van der Waals surface area contributed by atoms with Crippen LogP contribution in [0.1, 0.15) is 22.5 Å². The molecule has 2 nitrogen and oxygen atoms in total. The van der Waals surface area contributed by atoms with Crippen LogP contribution < -0.4 is 0 Å². The smallest absolute Gasteiger partial charge is 0.0743 e. The van der Waals surface area contributed by atoms with Crippen molar-refractivity contribution in [3.63, 3.8) is 0 Å². The third-order valence-electron chi connectivity index (χ3n) is 2.80. The van der Waals surface area contributed by atoms with Crippen molar-refractivity contribution in [2.75, 3.05) is 0 Å². The van der Waals surface area contributed by atoms with Crippen LogP contribution in [0, 0.1) is 27.7 Å². The summed E-state index contributed by atoms with van der Waals surface area (Å²) in [4.78, 5) is 0. The lowest BCUT2D eigenvalue weighted by atomic mass is 10.1. The summed E-state index contributed by atoms with van der Waals surface area (Å²) in [6, 6.07) is 6.43. The maximum atomic E-state index is 4.55. The Bertz CT molecular complexity index is 541. The lowest BCUT2D eigenvalue weighted by molar-refractivity contribution is 0.826. The van der Waals surface area contributed by atoms with Gasteiger partial charge in [0.1, 0.15) is 0 Å². The number of hydrogen-bond acceptors (Lipinski definition) is 1. The van der Waals surface area contributed by atoms with Crippen LogP contribution in [0.2, 0.25) is 0 Å². The molecule has 0 unspecified atom stereocenters. The number of halogens is 1. The fourth-order valence-electron chi connectivity index (χ4n) is 1.81. The lowest BCUT2D eigenvalue weighted by Crippen LogP contribution is -2.01. The third-order valence-corrected chi connectivity index (χ3v) is 3.94. The molecule has 0 aliphatic rings. The first-order valence-corrected chi connectivity index (χ1v) is 6.09. The average molecular weight is 279 g/mol. The molecule has 0 N–H and O–H groups in total. The Morgan fingerprint density at radius 1 is 1.12 bits per heavy atom. The highest BCUT2D eigenvalue weighted by Gasteiger charge is 2.11. The Hall–Kier alpha value is -1.09. The third kappa shape index (κ3) is 1.80. The maximum absolute atomic E-state index is 4.55. The van der Waals surface area contributed by atoms with Gasteiger partial charge in [-0.3, -0.25) is 0 Å². The number of rotatable bonds is 1. The fourth-order valence-corrected chi connectivity index (χ4v) is 2.05. The van der Waals surface area contributed by atoms with Crippen molar-refractivity contribution >= 4 is 15.9 Å². The molecule has 1 aromatic carbocycles. The molecule has 0 fully saturated rings. The van der Waals surface area contributed by atoms with Crippen LogP contribution in [0.5, 0.6) is 0 Å². The van der Waals surface area contributed by atoms with E-state index in [1.54, 1.807) is 0 Å². The zero-order valence-electron chi connectivity index (χ0n) is 10.0. The van der Waals surface area contributed by atoms with Gasteiger partial charge in [-0.25, -0.2) is 4.68 Å². The molecule has 0 saturated heterocycles. The van der Waals surface area contributed by atoms with Gasteiger partial charge < -0.3 is 0 Å². The van der Waals surface area contributed by atoms with E-state index in [1.807, 2.05) is 11.6 Å². The summed E-state index contributed by atoms with van der Waals surface area (Å²) in [5, 5.41) is 4.55. The normalized spacial score (nSPS) is 10.8. The summed E-state index contributed by atoms with van der Waals surface area (Å²) >= 11 is 3.56. The summed E-state index contributed by atoms with van der Waals surface area (Å²) in [6.07, 6.45) is 0. The number of aromatic nitrogens is 2. The molecule has 2 rings (SSSR count). The Morgan fingerprint density at radius 3 is 2.38 bits per heavy atom. The summed E-state index contributed by atoms with van der Waals surface area (Å²) in [5.41, 5.74) is 5.82. The molecule has 3 heteroatoms. The number of nitrogens with zero attached hydrogens (tertiary/aromatic N) is 2. The van der Waals surface area contributed by atoms with Crippen molar-refractivity contribution in [3.8, 4) is 5.69 Å². The van der Waals surface area contributed by atoms with Gasteiger partial charge in [0, 0.05) is 0 Å². The molecular formula is C13H15BrN2. The fraction of sp³-hybridized carbons (Fsp3) is 0.308. The molecule has 0 aliphatic carbocycles. The van der Waals surface area contributed by atoms with Crippen molar-refractivity contribution in [1.82, 2.24) is 9.78 Å². The minimum absolute atomic E-state index is 1.03. The summed E-state index contributed by atoms with van der Waals surface area (Å²) in [7, 11) is 0. The Morgan fingerprint density at radius 2 is 1.81 bits per heavy atom. The van der Waals surface area contributed by atoms with Crippen molar-refractivity contribution in [2.24, 2.45) is 0 Å². The molecule has 2 aromatic rings. The van der Waals surface area contributed by atoms with Crippen LogP contribution in [0.25, 0.3) is 5.69 Å². The van der Waals surface area contributed by atoms with Crippen LogP contribution in [0.15, 0.2) is 22.7 Å². The quantitative estimate of drug-likeness (QED) is 0.774. The minimum Gasteiger partial charge on any atom is -0.236 e. The first kappa shape index (κ1) is 11.4. The van der Waals surface area contributed by atoms with Crippen LogP contribution >= 0.6 is 15.9 Å². The van der Waals surface area contributed by atoms with E-state index in [-0.39, 0.29) is 0 Å². The zero-order valence-corrected chi connectivity index (χ0v) is 11.6. The van der Waals surface area contributed by atoms with E-state index in [0.29, 0.717) is 0 Å². The first-order valence-electron chi connectivity index (χ1n) is 5.30. The lowest BCUT2D eigenvalue weighted by Gasteiger charge is -2.09. The van der Waals surface area contributed by atoms with E-state index in [4.69, 9.17) is 0 Å². The molecular weight excluding hydrogens is 264 g/mol. The van der Waals surface area contributed by atoms with Gasteiger partial charge in [-0.2, -0.15) is 5.10 Å². The minimum atomic E-state index is 1.03. The van der Waals surface area contributed by atoms with E-state index in [9.17, 15) is 0 Å². The molecule has 16 heavy (non-hydrogen) atoms. The van der Waals surface area contributed by atoms with Gasteiger partial charge in [-0.05, 0) is 60.8 Å². The van der Waals surface area contributed by atoms with E-state index in [1.165, 1.54) is 11.1 Å². The molecule has 1 heterocycles. The first-order chi connectivity index (χ1) is 7.50. The second-order valence-electron chi connectivity index (χ2n) is 4.19. The number of hydrogen-bond donors (Lipinski definition) is 0. The van der Waals surface area contributed by atoms with Crippen molar-refractivity contribution in [3.05, 3.63) is 45.2 Å². The Balaban J connectivity index is 2.67. The monoisotopic (exact) mass is 278 g/mol. The molecule has 0 saturated carbocycles. The van der Waals surface area contributed by atoms with Crippen molar-refractivity contribution in [1.29, 1.82) is 0 Å². The molecule has 0 radical (unpaired) electrons. The van der Waals surface area contributed by atoms with Crippen molar-refractivity contribution in [2.45, 2.75) is 27.7 Å². The van der Waals surface area contributed by atoms with Gasteiger partial charge in [0.2, 0.25) is 0 Å². The van der Waals surface area contributed by atoms with Gasteiger partial charge in [0.25, 0.3) is 0 Å². The van der Waals surface area contributed by atoms with Crippen LogP contribution in [-0.2, 0) is 0 Å². The molecule has 0 amide bonds. The zero-order chi connectivity index (χ0) is 11.9. The van der Waals surface area contributed by atoms with Gasteiger partial charge in [0.15, 0.2) is 0 Å². The van der Waals surface area contributed by atoms with Crippen molar-refractivity contribution < 1.29 is 0 Å². The molecule has 0 spiro atoms. The van der Waals surface area contributed by atoms with E-state index in [2.05, 4.69) is 60.0 Å². The van der Waals surface area contributed by atoms with E-state index < -0.39 is 0 Å². The predicted octanol–water partition coefficient (Wildman–Crippen LogP) is 3.87. The number of benzene rings is 1. The van der Waals surface area contributed by atoms with E-state index >= 15 is 0 Å². The van der Waals surface area contributed by atoms with Gasteiger partial charge in [-0.15, -0.1) is 0 Å². The van der Waals surface area contributed by atoms with Crippen LogP contribution in [0.3, 0.4) is 0 Å². The highest BCUT2D eigenvalue weighted by molar-refractivity contribution is 9.10. The standard InChI is InChI=1S/C13H15BrN2/c1-8-5-6-9(2)12(7-8)16-11(4)13(14)10(3)15-16/h5-7H,1-4H3. The Kier molecular flexibility index (Phi) is 2.89. The summed E-state index contributed by atoms with van der Waals surface area (Å²) < 4.78 is 3.09. The second-order valence-corrected chi connectivity index (χ2v) is 4.98.